The summed E-state index contributed by atoms with van der Waals surface area (Å²) in [5.41, 5.74) is 3.40. The average molecular weight is 426 g/mol. The van der Waals surface area contributed by atoms with Gasteiger partial charge in [0.1, 0.15) is 5.75 Å². The van der Waals surface area contributed by atoms with Crippen molar-refractivity contribution in [3.05, 3.63) is 60.2 Å². The molecule has 1 saturated heterocycles. The molecule has 3 rings (SSSR count). The van der Waals surface area contributed by atoms with Gasteiger partial charge in [-0.3, -0.25) is 9.59 Å². The molecule has 1 heterocycles. The SMILES string of the molecule is C[C@@H](Sc1ccccc1)C(=O)N/N=C\c1ccc(OCC(=O)N2CCCCC2)cc1. The molecule has 1 fully saturated rings. The summed E-state index contributed by atoms with van der Waals surface area (Å²) in [7, 11) is 0. The number of nitrogens with one attached hydrogen (secondary N) is 1. The molecule has 0 radical (unpaired) electrons. The van der Waals surface area contributed by atoms with Gasteiger partial charge in [-0.05, 0) is 68.1 Å². The number of likely N-dealkylation sites (tertiary alicyclic amines) is 1. The number of rotatable bonds is 8. The summed E-state index contributed by atoms with van der Waals surface area (Å²) in [4.78, 5) is 27.2. The van der Waals surface area contributed by atoms with Gasteiger partial charge in [-0.1, -0.05) is 18.2 Å². The lowest BCUT2D eigenvalue weighted by atomic mass is 10.1. The topological polar surface area (TPSA) is 71.0 Å². The van der Waals surface area contributed by atoms with Crippen LogP contribution in [-0.4, -0.2) is 47.9 Å². The smallest absolute Gasteiger partial charge is 0.260 e. The minimum atomic E-state index is -0.252. The number of thioether (sulfide) groups is 1. The van der Waals surface area contributed by atoms with Crippen molar-refractivity contribution in [3.63, 3.8) is 0 Å². The Balaban J connectivity index is 1.41. The molecule has 30 heavy (non-hydrogen) atoms. The Morgan fingerprint density at radius 1 is 1.10 bits per heavy atom. The summed E-state index contributed by atoms with van der Waals surface area (Å²) in [6.07, 6.45) is 4.92. The van der Waals surface area contributed by atoms with E-state index in [1.54, 1.807) is 18.3 Å². The van der Waals surface area contributed by atoms with Crippen LogP contribution in [0.15, 0.2) is 64.6 Å². The number of piperidine rings is 1. The van der Waals surface area contributed by atoms with Crippen molar-refractivity contribution < 1.29 is 14.3 Å². The maximum Gasteiger partial charge on any atom is 0.260 e. The van der Waals surface area contributed by atoms with Crippen molar-refractivity contribution in [2.45, 2.75) is 36.3 Å². The molecule has 2 aromatic carbocycles. The van der Waals surface area contributed by atoms with E-state index in [2.05, 4.69) is 10.5 Å². The molecule has 0 spiro atoms. The molecule has 0 aliphatic carbocycles. The molecule has 1 atom stereocenters. The third-order valence-electron chi connectivity index (χ3n) is 4.76. The van der Waals surface area contributed by atoms with Crippen LogP contribution in [0.1, 0.15) is 31.7 Å². The van der Waals surface area contributed by atoms with Crippen LogP contribution >= 0.6 is 11.8 Å². The molecule has 1 N–H and O–H groups in total. The number of amides is 2. The highest BCUT2D eigenvalue weighted by Gasteiger charge is 2.16. The van der Waals surface area contributed by atoms with Crippen molar-refractivity contribution in [2.75, 3.05) is 19.7 Å². The van der Waals surface area contributed by atoms with Crippen molar-refractivity contribution in [2.24, 2.45) is 5.10 Å². The summed E-state index contributed by atoms with van der Waals surface area (Å²) < 4.78 is 5.60. The van der Waals surface area contributed by atoms with Crippen LogP contribution in [0.3, 0.4) is 0 Å². The molecule has 7 heteroatoms. The highest BCUT2D eigenvalue weighted by Crippen LogP contribution is 2.22. The second-order valence-electron chi connectivity index (χ2n) is 7.11. The minimum absolute atomic E-state index is 0.0329. The molecule has 1 aliphatic heterocycles. The zero-order valence-corrected chi connectivity index (χ0v) is 17.9. The van der Waals surface area contributed by atoms with Crippen LogP contribution in [-0.2, 0) is 9.59 Å². The van der Waals surface area contributed by atoms with Gasteiger partial charge in [-0.25, -0.2) is 5.43 Å². The van der Waals surface area contributed by atoms with Crippen molar-refractivity contribution in [1.82, 2.24) is 10.3 Å². The van der Waals surface area contributed by atoms with Crippen LogP contribution in [0, 0.1) is 0 Å². The monoisotopic (exact) mass is 425 g/mol. The van der Waals surface area contributed by atoms with E-state index in [0.29, 0.717) is 5.75 Å². The van der Waals surface area contributed by atoms with Crippen molar-refractivity contribution >= 4 is 29.8 Å². The Morgan fingerprint density at radius 3 is 2.50 bits per heavy atom. The number of hydrogen-bond donors (Lipinski definition) is 1. The number of hydrazone groups is 1. The van der Waals surface area contributed by atoms with E-state index in [0.717, 1.165) is 36.4 Å². The fourth-order valence-corrected chi connectivity index (χ4v) is 3.93. The number of nitrogens with zero attached hydrogens (tertiary/aromatic N) is 2. The number of hydrogen-bond acceptors (Lipinski definition) is 5. The lowest BCUT2D eigenvalue weighted by molar-refractivity contribution is -0.134. The van der Waals surface area contributed by atoms with Gasteiger partial charge in [0.05, 0.1) is 11.5 Å². The first-order chi connectivity index (χ1) is 14.6. The van der Waals surface area contributed by atoms with Gasteiger partial charge in [0.15, 0.2) is 6.61 Å². The molecular formula is C23H27N3O3S. The maximum absolute atomic E-state index is 12.2. The molecule has 1 aliphatic rings. The third kappa shape index (κ3) is 6.91. The molecular weight excluding hydrogens is 398 g/mol. The second kappa shape index (κ2) is 11.4. The van der Waals surface area contributed by atoms with E-state index in [1.807, 2.05) is 54.3 Å². The second-order valence-corrected chi connectivity index (χ2v) is 8.52. The quantitative estimate of drug-likeness (QED) is 0.398. The largest absolute Gasteiger partial charge is 0.484 e. The van der Waals surface area contributed by atoms with Gasteiger partial charge >= 0.3 is 0 Å². The summed E-state index contributed by atoms with van der Waals surface area (Å²) in [6.45, 7) is 3.55. The molecule has 0 bridgehead atoms. The molecule has 2 aromatic rings. The van der Waals surface area contributed by atoms with Gasteiger partial charge in [-0.15, -0.1) is 11.8 Å². The minimum Gasteiger partial charge on any atom is -0.484 e. The zero-order valence-electron chi connectivity index (χ0n) is 17.1. The Morgan fingerprint density at radius 2 is 1.80 bits per heavy atom. The van der Waals surface area contributed by atoms with E-state index >= 15 is 0 Å². The number of benzene rings is 2. The lowest BCUT2D eigenvalue weighted by Gasteiger charge is -2.26. The Bertz CT molecular complexity index is 850. The van der Waals surface area contributed by atoms with E-state index in [-0.39, 0.29) is 23.7 Å². The van der Waals surface area contributed by atoms with Gasteiger partial charge in [0.25, 0.3) is 11.8 Å². The van der Waals surface area contributed by atoms with Gasteiger partial charge in [0.2, 0.25) is 0 Å². The van der Waals surface area contributed by atoms with E-state index in [1.165, 1.54) is 18.2 Å². The first kappa shape index (κ1) is 21.9. The van der Waals surface area contributed by atoms with Crippen molar-refractivity contribution in [1.29, 1.82) is 0 Å². The number of carbonyl (C=O) groups is 2. The van der Waals surface area contributed by atoms with Crippen LogP contribution in [0.25, 0.3) is 0 Å². The molecule has 6 nitrogen and oxygen atoms in total. The average Bonchev–Trinajstić information content (AvgIpc) is 2.79. The Hall–Kier alpha value is -2.80. The summed E-state index contributed by atoms with van der Waals surface area (Å²) in [6, 6.07) is 17.0. The first-order valence-electron chi connectivity index (χ1n) is 10.2. The molecule has 0 unspecified atom stereocenters. The predicted molar refractivity (Wildman–Crippen MR) is 120 cm³/mol. The predicted octanol–water partition coefficient (Wildman–Crippen LogP) is 3.71. The summed E-state index contributed by atoms with van der Waals surface area (Å²) in [5, 5.41) is 3.78. The van der Waals surface area contributed by atoms with Crippen LogP contribution < -0.4 is 10.2 Å². The maximum atomic E-state index is 12.2. The number of carbonyl (C=O) groups excluding carboxylic acids is 2. The first-order valence-corrected chi connectivity index (χ1v) is 11.0. The van der Waals surface area contributed by atoms with Gasteiger partial charge in [0, 0.05) is 18.0 Å². The van der Waals surface area contributed by atoms with Crippen LogP contribution in [0.4, 0.5) is 0 Å². The Kier molecular flexibility index (Phi) is 8.32. The van der Waals surface area contributed by atoms with Gasteiger partial charge in [-0.2, -0.15) is 5.10 Å². The van der Waals surface area contributed by atoms with Crippen LogP contribution in [0.2, 0.25) is 0 Å². The zero-order chi connectivity index (χ0) is 21.2. The summed E-state index contributed by atoms with van der Waals surface area (Å²) in [5.74, 6) is 0.510. The fraction of sp³-hybridized carbons (Fsp3) is 0.348. The molecule has 2 amide bonds. The van der Waals surface area contributed by atoms with E-state index in [9.17, 15) is 9.59 Å². The van der Waals surface area contributed by atoms with E-state index in [4.69, 9.17) is 4.74 Å². The third-order valence-corrected chi connectivity index (χ3v) is 5.88. The molecule has 0 saturated carbocycles. The van der Waals surface area contributed by atoms with Gasteiger partial charge < -0.3 is 9.64 Å². The Labute approximate surface area is 181 Å². The van der Waals surface area contributed by atoms with Crippen molar-refractivity contribution in [3.8, 4) is 5.75 Å². The highest BCUT2D eigenvalue weighted by atomic mass is 32.2. The highest BCUT2D eigenvalue weighted by molar-refractivity contribution is 8.00. The molecule has 158 valence electrons. The lowest BCUT2D eigenvalue weighted by Crippen LogP contribution is -2.38. The molecule has 0 aromatic heterocycles. The van der Waals surface area contributed by atoms with Crippen LogP contribution in [0.5, 0.6) is 5.75 Å². The fourth-order valence-electron chi connectivity index (χ4n) is 3.05. The standard InChI is InChI=1S/C23H27N3O3S/c1-18(30-21-8-4-2-5-9-21)23(28)25-24-16-19-10-12-20(13-11-19)29-17-22(27)26-14-6-3-7-15-26/h2,4-5,8-13,16,18H,3,6-7,14-15,17H2,1H3,(H,25,28)/b24-16-/t18-/m1/s1. The summed E-state index contributed by atoms with van der Waals surface area (Å²) >= 11 is 1.48. The van der Waals surface area contributed by atoms with E-state index < -0.39 is 0 Å². The normalized spacial score (nSPS) is 15.0. The number of ether oxygens (including phenoxy) is 1.